The molecule has 1 fully saturated rings. The van der Waals surface area contributed by atoms with Gasteiger partial charge in [-0.2, -0.15) is 5.26 Å². The van der Waals surface area contributed by atoms with Crippen LogP contribution in [-0.2, 0) is 0 Å². The lowest BCUT2D eigenvalue weighted by atomic mass is 10.1. The Hall–Kier alpha value is -1.53. The molecule has 0 spiro atoms. The van der Waals surface area contributed by atoms with Gasteiger partial charge in [-0.1, -0.05) is 0 Å². The van der Waals surface area contributed by atoms with Gasteiger partial charge >= 0.3 is 0 Å². The summed E-state index contributed by atoms with van der Waals surface area (Å²) in [6.45, 7) is 0. The SMILES string of the molecule is N#CC1CCCC1Nc1ccc2sccc2c1. The second-order valence-electron chi connectivity index (χ2n) is 4.59. The Labute approximate surface area is 105 Å². The van der Waals surface area contributed by atoms with Crippen LogP contribution in [-0.4, -0.2) is 6.04 Å². The first-order valence-corrected chi connectivity index (χ1v) is 6.88. The molecule has 1 aromatic heterocycles. The largest absolute Gasteiger partial charge is 0.381 e. The van der Waals surface area contributed by atoms with E-state index in [4.69, 9.17) is 5.26 Å². The summed E-state index contributed by atoms with van der Waals surface area (Å²) in [7, 11) is 0. The fraction of sp³-hybridized carbons (Fsp3) is 0.357. The number of fused-ring (bicyclic) bond motifs is 1. The molecular weight excluding hydrogens is 228 g/mol. The highest BCUT2D eigenvalue weighted by atomic mass is 32.1. The molecule has 1 N–H and O–H groups in total. The van der Waals surface area contributed by atoms with Crippen LogP contribution in [0.2, 0.25) is 0 Å². The topological polar surface area (TPSA) is 35.8 Å². The molecule has 2 nitrogen and oxygen atoms in total. The Kier molecular flexibility index (Phi) is 2.74. The van der Waals surface area contributed by atoms with E-state index in [1.807, 2.05) is 0 Å². The summed E-state index contributed by atoms with van der Waals surface area (Å²) in [4.78, 5) is 0. The van der Waals surface area contributed by atoms with Crippen molar-refractivity contribution in [3.05, 3.63) is 29.6 Å². The molecule has 17 heavy (non-hydrogen) atoms. The molecular formula is C14H14N2S. The lowest BCUT2D eigenvalue weighted by Crippen LogP contribution is -2.22. The minimum absolute atomic E-state index is 0.174. The van der Waals surface area contributed by atoms with Gasteiger partial charge < -0.3 is 5.32 Å². The van der Waals surface area contributed by atoms with Crippen molar-refractivity contribution in [1.82, 2.24) is 0 Å². The van der Waals surface area contributed by atoms with Crippen molar-refractivity contribution in [3.63, 3.8) is 0 Å². The van der Waals surface area contributed by atoms with Gasteiger partial charge in [-0.15, -0.1) is 11.3 Å². The number of rotatable bonds is 2. The summed E-state index contributed by atoms with van der Waals surface area (Å²) >= 11 is 1.76. The third-order valence-electron chi connectivity index (χ3n) is 3.49. The fourth-order valence-corrected chi connectivity index (χ4v) is 3.33. The molecule has 3 heteroatoms. The van der Waals surface area contributed by atoms with Crippen LogP contribution in [0, 0.1) is 17.2 Å². The summed E-state index contributed by atoms with van der Waals surface area (Å²) in [5.41, 5.74) is 1.14. The number of hydrogen-bond donors (Lipinski definition) is 1. The molecule has 0 bridgehead atoms. The van der Waals surface area contributed by atoms with Crippen LogP contribution in [0.15, 0.2) is 29.6 Å². The Bertz CT molecular complexity index is 567. The van der Waals surface area contributed by atoms with E-state index in [0.29, 0.717) is 6.04 Å². The van der Waals surface area contributed by atoms with Gasteiger partial charge in [0.15, 0.2) is 0 Å². The van der Waals surface area contributed by atoms with Crippen LogP contribution in [0.1, 0.15) is 19.3 Å². The van der Waals surface area contributed by atoms with Gasteiger partial charge in [0.1, 0.15) is 0 Å². The van der Waals surface area contributed by atoms with E-state index in [2.05, 4.69) is 41.0 Å². The van der Waals surface area contributed by atoms with Gasteiger partial charge in [-0.3, -0.25) is 0 Å². The number of hydrogen-bond acceptors (Lipinski definition) is 3. The maximum absolute atomic E-state index is 9.06. The second kappa shape index (κ2) is 4.38. The number of thiophene rings is 1. The van der Waals surface area contributed by atoms with Gasteiger partial charge in [0.05, 0.1) is 12.0 Å². The minimum atomic E-state index is 0.174. The molecule has 0 amide bonds. The first-order chi connectivity index (χ1) is 8.36. The average molecular weight is 242 g/mol. The molecule has 86 valence electrons. The maximum atomic E-state index is 9.06. The molecule has 1 saturated carbocycles. The molecule has 3 rings (SSSR count). The lowest BCUT2D eigenvalue weighted by molar-refractivity contribution is 0.630. The highest BCUT2D eigenvalue weighted by Gasteiger charge is 2.26. The van der Waals surface area contributed by atoms with Crippen molar-refractivity contribution >= 4 is 27.1 Å². The number of nitriles is 1. The Morgan fingerprint density at radius 3 is 3.12 bits per heavy atom. The van der Waals surface area contributed by atoms with E-state index in [1.54, 1.807) is 11.3 Å². The zero-order chi connectivity index (χ0) is 11.7. The zero-order valence-corrected chi connectivity index (χ0v) is 10.3. The molecule has 0 aliphatic heterocycles. The predicted octanol–water partition coefficient (Wildman–Crippen LogP) is 4.01. The van der Waals surface area contributed by atoms with E-state index in [9.17, 15) is 0 Å². The highest BCUT2D eigenvalue weighted by Crippen LogP contribution is 2.30. The van der Waals surface area contributed by atoms with Crippen LogP contribution < -0.4 is 5.32 Å². The van der Waals surface area contributed by atoms with Crippen LogP contribution in [0.5, 0.6) is 0 Å². The summed E-state index contributed by atoms with van der Waals surface area (Å²) in [6.07, 6.45) is 3.31. The molecule has 1 aliphatic rings. The molecule has 1 aromatic carbocycles. The quantitative estimate of drug-likeness (QED) is 0.863. The average Bonchev–Trinajstić information content (AvgIpc) is 2.96. The van der Waals surface area contributed by atoms with Crippen LogP contribution >= 0.6 is 11.3 Å². The van der Waals surface area contributed by atoms with Crippen molar-refractivity contribution in [2.75, 3.05) is 5.32 Å². The Balaban J connectivity index is 1.82. The van der Waals surface area contributed by atoms with Crippen molar-refractivity contribution in [2.45, 2.75) is 25.3 Å². The summed E-state index contributed by atoms with van der Waals surface area (Å²) < 4.78 is 1.32. The minimum Gasteiger partial charge on any atom is -0.381 e. The summed E-state index contributed by atoms with van der Waals surface area (Å²) in [5, 5.41) is 16.0. The van der Waals surface area contributed by atoms with Gasteiger partial charge in [-0.25, -0.2) is 0 Å². The van der Waals surface area contributed by atoms with Crippen molar-refractivity contribution in [1.29, 1.82) is 5.26 Å². The third-order valence-corrected chi connectivity index (χ3v) is 4.38. The maximum Gasteiger partial charge on any atom is 0.0677 e. The van der Waals surface area contributed by atoms with E-state index < -0.39 is 0 Å². The number of benzene rings is 1. The fourth-order valence-electron chi connectivity index (χ4n) is 2.56. The standard InChI is InChI=1S/C14H14N2S/c15-9-11-2-1-3-13(11)16-12-4-5-14-10(8-12)6-7-17-14/h4-8,11,13,16H,1-3H2. The van der Waals surface area contributed by atoms with Crippen LogP contribution in [0.4, 0.5) is 5.69 Å². The van der Waals surface area contributed by atoms with E-state index in [-0.39, 0.29) is 5.92 Å². The lowest BCUT2D eigenvalue weighted by Gasteiger charge is -2.17. The van der Waals surface area contributed by atoms with Gasteiger partial charge in [0, 0.05) is 16.4 Å². The first kappa shape index (κ1) is 10.6. The second-order valence-corrected chi connectivity index (χ2v) is 5.54. The normalized spacial score (nSPS) is 23.7. The van der Waals surface area contributed by atoms with Crippen LogP contribution in [0.25, 0.3) is 10.1 Å². The van der Waals surface area contributed by atoms with Crippen molar-refractivity contribution < 1.29 is 0 Å². The molecule has 0 saturated heterocycles. The Morgan fingerprint density at radius 1 is 1.29 bits per heavy atom. The monoisotopic (exact) mass is 242 g/mol. The summed E-state index contributed by atoms with van der Waals surface area (Å²) in [5.74, 6) is 0.174. The smallest absolute Gasteiger partial charge is 0.0677 e. The summed E-state index contributed by atoms with van der Waals surface area (Å²) in [6, 6.07) is 11.3. The number of nitrogens with one attached hydrogen (secondary N) is 1. The van der Waals surface area contributed by atoms with Gasteiger partial charge in [0.2, 0.25) is 0 Å². The van der Waals surface area contributed by atoms with Gasteiger partial charge in [0.25, 0.3) is 0 Å². The van der Waals surface area contributed by atoms with Crippen molar-refractivity contribution in [2.24, 2.45) is 5.92 Å². The Morgan fingerprint density at radius 2 is 2.24 bits per heavy atom. The predicted molar refractivity (Wildman–Crippen MR) is 72.2 cm³/mol. The van der Waals surface area contributed by atoms with Crippen molar-refractivity contribution in [3.8, 4) is 6.07 Å². The van der Waals surface area contributed by atoms with E-state index in [1.165, 1.54) is 10.1 Å². The molecule has 1 aliphatic carbocycles. The number of anilines is 1. The molecule has 0 radical (unpaired) electrons. The molecule has 2 unspecified atom stereocenters. The van der Waals surface area contributed by atoms with Crippen LogP contribution in [0.3, 0.4) is 0 Å². The third kappa shape index (κ3) is 2.01. The molecule has 1 heterocycles. The zero-order valence-electron chi connectivity index (χ0n) is 9.52. The molecule has 2 atom stereocenters. The highest BCUT2D eigenvalue weighted by molar-refractivity contribution is 7.17. The van der Waals surface area contributed by atoms with E-state index in [0.717, 1.165) is 24.9 Å². The van der Waals surface area contributed by atoms with Gasteiger partial charge in [-0.05, 0) is 54.3 Å². The number of nitrogens with zero attached hydrogens (tertiary/aromatic N) is 1. The first-order valence-electron chi connectivity index (χ1n) is 6.00. The molecule has 2 aromatic rings. The van der Waals surface area contributed by atoms with E-state index >= 15 is 0 Å².